The number of carbonyl (C=O) groups excluding carboxylic acids is 3. The summed E-state index contributed by atoms with van der Waals surface area (Å²) in [5, 5.41) is 6.28. The molecule has 0 atom stereocenters. The number of esters is 1. The SMILES string of the molecule is COCCNC(=O)c1c(NC(=O)COC(=O)c2cc(=O)c3ccccc3o2)sc2c1CCCC2. The Morgan fingerprint density at radius 1 is 1.15 bits per heavy atom. The van der Waals surface area contributed by atoms with E-state index >= 15 is 0 Å². The highest BCUT2D eigenvalue weighted by Gasteiger charge is 2.26. The molecule has 1 aliphatic carbocycles. The van der Waals surface area contributed by atoms with Gasteiger partial charge in [0.25, 0.3) is 11.8 Å². The fraction of sp³-hybridized carbons (Fsp3) is 0.333. The van der Waals surface area contributed by atoms with Gasteiger partial charge in [0.2, 0.25) is 5.76 Å². The summed E-state index contributed by atoms with van der Waals surface area (Å²) in [6, 6.07) is 7.57. The third kappa shape index (κ3) is 5.18. The summed E-state index contributed by atoms with van der Waals surface area (Å²) in [7, 11) is 1.55. The predicted molar refractivity (Wildman–Crippen MR) is 127 cm³/mol. The summed E-state index contributed by atoms with van der Waals surface area (Å²) in [6.45, 7) is 0.130. The van der Waals surface area contributed by atoms with Crippen LogP contribution in [-0.2, 0) is 27.1 Å². The van der Waals surface area contributed by atoms with Crippen LogP contribution < -0.4 is 16.1 Å². The van der Waals surface area contributed by atoms with E-state index in [9.17, 15) is 19.2 Å². The van der Waals surface area contributed by atoms with Gasteiger partial charge in [-0.2, -0.15) is 0 Å². The molecule has 10 heteroatoms. The number of amides is 2. The number of anilines is 1. The van der Waals surface area contributed by atoms with Crippen molar-refractivity contribution >= 4 is 45.1 Å². The number of hydrogen-bond donors (Lipinski definition) is 2. The molecule has 2 N–H and O–H groups in total. The van der Waals surface area contributed by atoms with E-state index in [-0.39, 0.29) is 22.7 Å². The first-order valence-corrected chi connectivity index (χ1v) is 11.7. The van der Waals surface area contributed by atoms with Crippen LogP contribution in [0.2, 0.25) is 0 Å². The van der Waals surface area contributed by atoms with Crippen LogP contribution in [0.4, 0.5) is 5.00 Å². The normalized spacial score (nSPS) is 12.7. The lowest BCUT2D eigenvalue weighted by Gasteiger charge is -2.13. The first kappa shape index (κ1) is 23.7. The predicted octanol–water partition coefficient (Wildman–Crippen LogP) is 2.91. The molecule has 2 heterocycles. The molecule has 1 aliphatic rings. The molecule has 1 aromatic carbocycles. The molecule has 0 saturated heterocycles. The average Bonchev–Trinajstić information content (AvgIpc) is 3.20. The van der Waals surface area contributed by atoms with Crippen LogP contribution in [0.5, 0.6) is 0 Å². The fourth-order valence-corrected chi connectivity index (χ4v) is 5.12. The minimum Gasteiger partial charge on any atom is -0.450 e. The third-order valence-corrected chi connectivity index (χ3v) is 6.62. The summed E-state index contributed by atoms with van der Waals surface area (Å²) in [4.78, 5) is 51.0. The van der Waals surface area contributed by atoms with Crippen molar-refractivity contribution in [3.63, 3.8) is 0 Å². The first-order valence-electron chi connectivity index (χ1n) is 10.9. The molecular weight excluding hydrogens is 460 g/mol. The number of nitrogens with one attached hydrogen (secondary N) is 2. The lowest BCUT2D eigenvalue weighted by Crippen LogP contribution is -2.29. The van der Waals surface area contributed by atoms with Gasteiger partial charge in [0, 0.05) is 24.6 Å². The van der Waals surface area contributed by atoms with Crippen LogP contribution in [0.3, 0.4) is 0 Å². The molecule has 0 fully saturated rings. The zero-order valence-corrected chi connectivity index (χ0v) is 19.4. The Morgan fingerprint density at radius 3 is 2.76 bits per heavy atom. The van der Waals surface area contributed by atoms with Gasteiger partial charge in [-0.15, -0.1) is 11.3 Å². The molecule has 2 aromatic heterocycles. The van der Waals surface area contributed by atoms with Crippen molar-refractivity contribution in [1.29, 1.82) is 0 Å². The van der Waals surface area contributed by atoms with E-state index in [1.807, 2.05) is 0 Å². The maximum atomic E-state index is 12.8. The Labute approximate surface area is 199 Å². The number of hydrogen-bond acceptors (Lipinski definition) is 8. The van der Waals surface area contributed by atoms with E-state index in [1.165, 1.54) is 11.3 Å². The molecule has 0 unspecified atom stereocenters. The van der Waals surface area contributed by atoms with Gasteiger partial charge < -0.3 is 24.5 Å². The van der Waals surface area contributed by atoms with Gasteiger partial charge in [-0.1, -0.05) is 12.1 Å². The van der Waals surface area contributed by atoms with Gasteiger partial charge in [0.1, 0.15) is 10.6 Å². The van der Waals surface area contributed by atoms with Crippen LogP contribution in [0.1, 0.15) is 44.2 Å². The van der Waals surface area contributed by atoms with Gasteiger partial charge in [0.15, 0.2) is 12.0 Å². The Morgan fingerprint density at radius 2 is 1.94 bits per heavy atom. The van der Waals surface area contributed by atoms with E-state index in [4.69, 9.17) is 13.9 Å². The minimum absolute atomic E-state index is 0.250. The second-order valence-electron chi connectivity index (χ2n) is 7.76. The van der Waals surface area contributed by atoms with E-state index in [0.29, 0.717) is 29.1 Å². The monoisotopic (exact) mass is 484 g/mol. The number of fused-ring (bicyclic) bond motifs is 2. The lowest BCUT2D eigenvalue weighted by atomic mass is 9.95. The number of benzene rings is 1. The molecule has 34 heavy (non-hydrogen) atoms. The van der Waals surface area contributed by atoms with Crippen molar-refractivity contribution in [2.75, 3.05) is 32.2 Å². The van der Waals surface area contributed by atoms with E-state index < -0.39 is 18.5 Å². The largest absolute Gasteiger partial charge is 0.450 e. The first-order chi connectivity index (χ1) is 16.5. The highest BCUT2D eigenvalue weighted by molar-refractivity contribution is 7.17. The second kappa shape index (κ2) is 10.6. The van der Waals surface area contributed by atoms with Gasteiger partial charge in [0.05, 0.1) is 17.6 Å². The van der Waals surface area contributed by atoms with Crippen molar-refractivity contribution in [2.24, 2.45) is 0 Å². The summed E-state index contributed by atoms with van der Waals surface area (Å²) in [5.41, 5.74) is 1.28. The van der Waals surface area contributed by atoms with Gasteiger partial charge in [-0.3, -0.25) is 14.4 Å². The van der Waals surface area contributed by atoms with Gasteiger partial charge in [-0.05, 0) is 43.4 Å². The Hall–Kier alpha value is -3.50. The smallest absolute Gasteiger partial charge is 0.374 e. The highest BCUT2D eigenvalue weighted by Crippen LogP contribution is 2.38. The topological polar surface area (TPSA) is 124 Å². The summed E-state index contributed by atoms with van der Waals surface area (Å²) >= 11 is 1.37. The number of carbonyl (C=O) groups is 3. The number of methoxy groups -OCH3 is 1. The standard InChI is InChI=1S/C24H24N2O7S/c1-31-11-10-25-22(29)21-15-7-3-5-9-19(15)34-23(21)26-20(28)13-32-24(30)18-12-16(27)14-6-2-4-8-17(14)33-18/h2,4,6,8,12H,3,5,7,9-11,13H2,1H3,(H,25,29)(H,26,28). The molecule has 0 aliphatic heterocycles. The molecule has 9 nitrogen and oxygen atoms in total. The molecule has 0 spiro atoms. The third-order valence-electron chi connectivity index (χ3n) is 5.41. The van der Waals surface area contributed by atoms with Crippen molar-refractivity contribution in [1.82, 2.24) is 5.32 Å². The molecule has 0 saturated carbocycles. The summed E-state index contributed by atoms with van der Waals surface area (Å²) < 4.78 is 15.5. The number of aryl methyl sites for hydroxylation is 1. The summed E-state index contributed by atoms with van der Waals surface area (Å²) in [6.07, 6.45) is 3.62. The number of rotatable bonds is 8. The lowest BCUT2D eigenvalue weighted by molar-refractivity contribution is -0.119. The molecule has 178 valence electrons. The van der Waals surface area contributed by atoms with Crippen molar-refractivity contribution in [3.8, 4) is 0 Å². The van der Waals surface area contributed by atoms with Crippen molar-refractivity contribution < 1.29 is 28.3 Å². The van der Waals surface area contributed by atoms with Gasteiger partial charge in [-0.25, -0.2) is 4.79 Å². The van der Waals surface area contributed by atoms with Crippen molar-refractivity contribution in [2.45, 2.75) is 25.7 Å². The van der Waals surface area contributed by atoms with Crippen LogP contribution in [0, 0.1) is 0 Å². The van der Waals surface area contributed by atoms with Crippen LogP contribution >= 0.6 is 11.3 Å². The van der Waals surface area contributed by atoms with Gasteiger partial charge >= 0.3 is 5.97 Å². The summed E-state index contributed by atoms with van der Waals surface area (Å²) in [5.74, 6) is -2.09. The van der Waals surface area contributed by atoms with Crippen LogP contribution in [-0.4, -0.2) is 44.7 Å². The molecule has 2 amide bonds. The number of para-hydroxylation sites is 1. The molecule has 0 bridgehead atoms. The quantitative estimate of drug-likeness (QED) is 0.372. The molecule has 3 aromatic rings. The zero-order chi connectivity index (χ0) is 24.1. The Bertz CT molecular complexity index is 1290. The minimum atomic E-state index is -0.930. The van der Waals surface area contributed by atoms with Crippen LogP contribution in [0.25, 0.3) is 11.0 Å². The zero-order valence-electron chi connectivity index (χ0n) is 18.6. The maximum absolute atomic E-state index is 12.8. The average molecular weight is 485 g/mol. The maximum Gasteiger partial charge on any atom is 0.374 e. The molecular formula is C24H24N2O7S. The number of thiophene rings is 1. The fourth-order valence-electron chi connectivity index (χ4n) is 3.82. The van der Waals surface area contributed by atoms with E-state index in [1.54, 1.807) is 31.4 Å². The van der Waals surface area contributed by atoms with E-state index in [0.717, 1.165) is 42.2 Å². The van der Waals surface area contributed by atoms with Crippen molar-refractivity contribution in [3.05, 3.63) is 62.3 Å². The Balaban J connectivity index is 1.45. The molecule has 0 radical (unpaired) electrons. The van der Waals surface area contributed by atoms with Crippen LogP contribution in [0.15, 0.2) is 39.5 Å². The molecule has 4 rings (SSSR count). The highest BCUT2D eigenvalue weighted by atomic mass is 32.1. The number of ether oxygens (including phenoxy) is 2. The Kier molecular flexibility index (Phi) is 7.39. The second-order valence-corrected chi connectivity index (χ2v) is 8.86. The van der Waals surface area contributed by atoms with E-state index in [2.05, 4.69) is 10.6 Å².